The normalized spacial score (nSPS) is 12.6. The third-order valence-corrected chi connectivity index (χ3v) is 31.5. The minimum Gasteiger partial charge on any atom is -0.309 e. The van der Waals surface area contributed by atoms with Gasteiger partial charge in [0, 0.05) is 110 Å². The van der Waals surface area contributed by atoms with Gasteiger partial charge in [0.05, 0.1) is 38.8 Å². The van der Waals surface area contributed by atoms with Crippen molar-refractivity contribution in [3.8, 4) is 72.7 Å². The van der Waals surface area contributed by atoms with Gasteiger partial charge in [0.2, 0.25) is 0 Å². The molecule has 3 nitrogen and oxygen atoms in total. The van der Waals surface area contributed by atoms with E-state index < -0.39 is 0 Å². The molecule has 27 aromatic rings. The van der Waals surface area contributed by atoms with E-state index in [1.807, 2.05) is 34.0 Å². The number of nitrogens with zero attached hydrogens (tertiary/aromatic N) is 3. The standard InChI is InChI=1S/2C41H25NS.C39H23NS/c1-2-12-25(13-3-1)27-15-8-10-20-35(27)42-36-21-11-9-18-30(36)32-23-34-38(24-37(32)42)43-41-31-19-7-6-17-29(31)33-22-26-14-4-5-16-28(26)39(33)40(34)41;1-2-11-25(12-3-1)26-14-10-15-28(21-26)42-36-20-9-8-18-31(36)33-23-35-38(24-37(33)42)43-41-32-19-7-6-17-30(32)34-22-27-13-4-5-16-29(27)39(34)40(35)41;1-2-10-24-19-26(18-17-23(24)9-1)40-34-16-8-7-14-29(34)31-21-33-36(22-35(31)40)41-39-30-15-6-5-13-28(30)32-20-25-11-3-4-12-27(25)37(32)38(33)39/h2*1-21,23-24H,22H2;1-19,21-22H,20H2. The summed E-state index contributed by atoms with van der Waals surface area (Å²) in [4.78, 5) is 0. The number of benzene rings is 21. The van der Waals surface area contributed by atoms with Gasteiger partial charge >= 0.3 is 0 Å². The predicted octanol–water partition coefficient (Wildman–Crippen LogP) is 34.1. The van der Waals surface area contributed by atoms with Crippen LogP contribution in [0.5, 0.6) is 0 Å². The van der Waals surface area contributed by atoms with Crippen molar-refractivity contribution < 1.29 is 0 Å². The largest absolute Gasteiger partial charge is 0.309 e. The zero-order valence-electron chi connectivity index (χ0n) is 68.9. The predicted molar refractivity (Wildman–Crippen MR) is 547 cm³/mol. The molecule has 0 saturated carbocycles. The smallest absolute Gasteiger partial charge is 0.0555 e. The molecule has 30 rings (SSSR count). The van der Waals surface area contributed by atoms with Gasteiger partial charge < -0.3 is 13.7 Å². The van der Waals surface area contributed by atoms with Crippen molar-refractivity contribution in [2.24, 2.45) is 0 Å². The summed E-state index contributed by atoms with van der Waals surface area (Å²) in [5.41, 5.74) is 33.3. The van der Waals surface area contributed by atoms with Crippen LogP contribution in [0.1, 0.15) is 33.4 Å². The Morgan fingerprint density at radius 2 is 0.528 bits per heavy atom. The van der Waals surface area contributed by atoms with Gasteiger partial charge in [-0.2, -0.15) is 0 Å². The first kappa shape index (κ1) is 71.2. The molecule has 0 saturated heterocycles. The van der Waals surface area contributed by atoms with Crippen LogP contribution in [0.2, 0.25) is 0 Å². The zero-order valence-corrected chi connectivity index (χ0v) is 71.3. The summed E-state index contributed by atoms with van der Waals surface area (Å²) >= 11 is 5.84. The van der Waals surface area contributed by atoms with Crippen LogP contribution in [0.25, 0.3) is 242 Å². The van der Waals surface area contributed by atoms with Crippen LogP contribution in [0.15, 0.2) is 406 Å². The Balaban J connectivity index is 0.0000000966. The minimum atomic E-state index is 0.997. The molecule has 0 unspecified atom stereocenters. The lowest BCUT2D eigenvalue weighted by Gasteiger charge is -2.14. The number of thiophene rings is 3. The number of fused-ring (bicyclic) bond motifs is 40. The zero-order chi connectivity index (χ0) is 82.8. The highest BCUT2D eigenvalue weighted by atomic mass is 32.1. The Labute approximate surface area is 742 Å². The van der Waals surface area contributed by atoms with E-state index in [0.717, 1.165) is 19.3 Å². The lowest BCUT2D eigenvalue weighted by molar-refractivity contribution is 1.18. The molecular weight excluding hydrogens is 1590 g/mol. The third kappa shape index (κ3) is 10.5. The van der Waals surface area contributed by atoms with Crippen molar-refractivity contribution in [2.45, 2.75) is 19.3 Å². The molecule has 21 aromatic carbocycles. The lowest BCUT2D eigenvalue weighted by atomic mass is 9.93. The Kier molecular flexibility index (Phi) is 15.5. The molecule has 590 valence electrons. The molecule has 6 heterocycles. The molecule has 0 spiro atoms. The number of aromatic nitrogens is 3. The number of rotatable bonds is 5. The average Bonchev–Trinajstić information content (AvgIpc) is 1.55. The molecule has 0 atom stereocenters. The van der Waals surface area contributed by atoms with E-state index >= 15 is 0 Å². The van der Waals surface area contributed by atoms with Crippen LogP contribution in [0.3, 0.4) is 0 Å². The monoisotopic (exact) mass is 1660 g/mol. The van der Waals surface area contributed by atoms with E-state index in [1.165, 1.54) is 275 Å². The first-order valence-corrected chi connectivity index (χ1v) is 46.5. The highest BCUT2D eigenvalue weighted by molar-refractivity contribution is 7.28. The number of hydrogen-bond donors (Lipinski definition) is 0. The quantitative estimate of drug-likeness (QED) is 0.163. The summed E-state index contributed by atoms with van der Waals surface area (Å²) in [6, 6.07) is 150. The van der Waals surface area contributed by atoms with Crippen LogP contribution < -0.4 is 0 Å². The first-order chi connectivity index (χ1) is 63.0. The Morgan fingerprint density at radius 3 is 0.984 bits per heavy atom. The Bertz CT molecular complexity index is 9450. The number of hydrogen-bond acceptors (Lipinski definition) is 3. The molecule has 0 amide bonds. The molecule has 6 aromatic heterocycles. The van der Waals surface area contributed by atoms with E-state index in [0.29, 0.717) is 0 Å². The second-order valence-corrected chi connectivity index (χ2v) is 37.8. The summed E-state index contributed by atoms with van der Waals surface area (Å²) < 4.78 is 15.6. The molecule has 0 bridgehead atoms. The van der Waals surface area contributed by atoms with Crippen molar-refractivity contribution in [2.75, 3.05) is 0 Å². The molecular formula is C121H73N3S3. The Morgan fingerprint density at radius 1 is 0.189 bits per heavy atom. The molecule has 3 aliphatic rings. The molecule has 127 heavy (non-hydrogen) atoms. The lowest BCUT2D eigenvalue weighted by Crippen LogP contribution is -1.96. The van der Waals surface area contributed by atoms with Crippen LogP contribution >= 0.6 is 34.0 Å². The highest BCUT2D eigenvalue weighted by Crippen LogP contribution is 2.57. The van der Waals surface area contributed by atoms with Crippen molar-refractivity contribution in [3.63, 3.8) is 0 Å². The van der Waals surface area contributed by atoms with E-state index in [9.17, 15) is 0 Å². The van der Waals surface area contributed by atoms with Crippen molar-refractivity contribution >= 4 is 203 Å². The van der Waals surface area contributed by atoms with Gasteiger partial charge in [-0.1, -0.05) is 322 Å². The van der Waals surface area contributed by atoms with Crippen LogP contribution in [0, 0.1) is 0 Å². The SMILES string of the molecule is c1ccc(-c2cccc(-n3c4ccccc4c4cc5c(cc43)sc3c4ccccc4c4c(c53)-c3ccccc3C4)c2)cc1.c1ccc(-c2ccccc2-n2c3ccccc3c3cc4c(cc32)sc2c3ccccc3c3c(c42)-c2ccccc2C3)cc1.c1ccc2c(c1)Cc1c-2c2c3cc4c5ccccc5n(-c5ccc6ccccc6c5)c4cc3sc2c2ccccc12. The van der Waals surface area contributed by atoms with Gasteiger partial charge in [0.25, 0.3) is 0 Å². The highest BCUT2D eigenvalue weighted by Gasteiger charge is 2.32. The third-order valence-electron chi connectivity index (χ3n) is 28.0. The van der Waals surface area contributed by atoms with Gasteiger partial charge in [0.1, 0.15) is 0 Å². The van der Waals surface area contributed by atoms with Gasteiger partial charge in [-0.3, -0.25) is 0 Å². The second kappa shape index (κ2) is 27.6. The molecule has 0 radical (unpaired) electrons. The fourth-order valence-electron chi connectivity index (χ4n) is 22.6. The summed E-state index contributed by atoms with van der Waals surface area (Å²) in [5.74, 6) is 0. The fraction of sp³-hybridized carbons (Fsp3) is 0.0248. The van der Waals surface area contributed by atoms with Gasteiger partial charge in [0.15, 0.2) is 0 Å². The number of para-hydroxylation sites is 4. The topological polar surface area (TPSA) is 14.8 Å². The van der Waals surface area contributed by atoms with Gasteiger partial charge in [-0.25, -0.2) is 0 Å². The average molecular weight is 1670 g/mol. The maximum Gasteiger partial charge on any atom is 0.0555 e. The summed E-state index contributed by atoms with van der Waals surface area (Å²) in [6.45, 7) is 0. The van der Waals surface area contributed by atoms with E-state index in [2.05, 4.69) is 420 Å². The van der Waals surface area contributed by atoms with Crippen LogP contribution in [0.4, 0.5) is 0 Å². The fourth-order valence-corrected chi connectivity index (χ4v) is 26.4. The summed E-state index contributed by atoms with van der Waals surface area (Å²) in [6.07, 6.45) is 3.00. The minimum absolute atomic E-state index is 0.997. The van der Waals surface area contributed by atoms with Crippen molar-refractivity contribution in [1.82, 2.24) is 13.7 Å². The summed E-state index contributed by atoms with van der Waals surface area (Å²) in [5, 5.41) is 27.0. The van der Waals surface area contributed by atoms with Crippen molar-refractivity contribution in [3.05, 3.63) is 440 Å². The maximum atomic E-state index is 2.49. The van der Waals surface area contributed by atoms with E-state index in [1.54, 1.807) is 0 Å². The van der Waals surface area contributed by atoms with Gasteiger partial charge in [-0.15, -0.1) is 34.0 Å². The van der Waals surface area contributed by atoms with Crippen molar-refractivity contribution in [1.29, 1.82) is 0 Å². The van der Waals surface area contributed by atoms with Crippen LogP contribution in [-0.4, -0.2) is 13.7 Å². The maximum absolute atomic E-state index is 2.49. The molecule has 6 heteroatoms. The molecule has 0 aliphatic heterocycles. The first-order valence-electron chi connectivity index (χ1n) is 44.1. The van der Waals surface area contributed by atoms with E-state index in [-0.39, 0.29) is 0 Å². The van der Waals surface area contributed by atoms with E-state index in [4.69, 9.17) is 0 Å². The summed E-state index contributed by atoms with van der Waals surface area (Å²) in [7, 11) is 0. The molecule has 0 fully saturated rings. The molecule has 0 N–H and O–H groups in total. The van der Waals surface area contributed by atoms with Gasteiger partial charge in [-0.05, 0) is 231 Å². The second-order valence-electron chi connectivity index (χ2n) is 34.6. The Hall–Kier alpha value is -15.3. The molecule has 3 aliphatic carbocycles. The van der Waals surface area contributed by atoms with Crippen LogP contribution in [-0.2, 0) is 19.3 Å².